The number of nitrogens with zero attached hydrogens (tertiary/aromatic N) is 1. The van der Waals surface area contributed by atoms with E-state index in [-0.39, 0.29) is 11.4 Å². The number of nitrogens with one attached hydrogen (secondary N) is 1. The van der Waals surface area contributed by atoms with Gasteiger partial charge in [-0.2, -0.15) is 0 Å². The standard InChI is InChI=1S/C17H25ClN2O2/c1-3-20(4-2)16(21)19-13-17(9-11-22-12-10-17)14-5-7-15(18)8-6-14/h5-8H,3-4,9-13H2,1-2H3,(H,19,21). The molecule has 0 unspecified atom stereocenters. The summed E-state index contributed by atoms with van der Waals surface area (Å²) < 4.78 is 5.52. The molecular formula is C17H25ClN2O2. The molecule has 1 saturated heterocycles. The Morgan fingerprint density at radius 1 is 1.23 bits per heavy atom. The fraction of sp³-hybridized carbons (Fsp3) is 0.588. The molecule has 1 aliphatic rings. The van der Waals surface area contributed by atoms with Gasteiger partial charge in [-0.3, -0.25) is 0 Å². The first kappa shape index (κ1) is 17.1. The van der Waals surface area contributed by atoms with Crippen molar-refractivity contribution in [3.63, 3.8) is 0 Å². The lowest BCUT2D eigenvalue weighted by Gasteiger charge is -2.38. The molecule has 0 atom stereocenters. The maximum atomic E-state index is 12.2. The van der Waals surface area contributed by atoms with Crippen molar-refractivity contribution in [2.45, 2.75) is 32.1 Å². The number of benzene rings is 1. The number of carbonyl (C=O) groups is 1. The molecule has 1 aromatic rings. The van der Waals surface area contributed by atoms with Crippen LogP contribution < -0.4 is 5.32 Å². The summed E-state index contributed by atoms with van der Waals surface area (Å²) in [5, 5.41) is 3.84. The number of urea groups is 1. The van der Waals surface area contributed by atoms with Gasteiger partial charge in [0.25, 0.3) is 0 Å². The number of rotatable bonds is 5. The maximum Gasteiger partial charge on any atom is 0.317 e. The van der Waals surface area contributed by atoms with Crippen LogP contribution in [0.5, 0.6) is 0 Å². The molecule has 1 aliphatic heterocycles. The van der Waals surface area contributed by atoms with Crippen LogP contribution in [0.3, 0.4) is 0 Å². The lowest BCUT2D eigenvalue weighted by Crippen LogP contribution is -2.48. The van der Waals surface area contributed by atoms with Gasteiger partial charge in [0.15, 0.2) is 0 Å². The Morgan fingerprint density at radius 3 is 2.36 bits per heavy atom. The Hall–Kier alpha value is -1.26. The second-order valence-electron chi connectivity index (χ2n) is 5.73. The highest BCUT2D eigenvalue weighted by atomic mass is 35.5. The highest BCUT2D eigenvalue weighted by molar-refractivity contribution is 6.30. The molecule has 122 valence electrons. The molecule has 0 spiro atoms. The fourth-order valence-corrected chi connectivity index (χ4v) is 3.13. The van der Waals surface area contributed by atoms with Gasteiger partial charge in [0.05, 0.1) is 0 Å². The van der Waals surface area contributed by atoms with E-state index >= 15 is 0 Å². The van der Waals surface area contributed by atoms with Crippen LogP contribution in [0.15, 0.2) is 24.3 Å². The second-order valence-corrected chi connectivity index (χ2v) is 6.17. The van der Waals surface area contributed by atoms with Gasteiger partial charge in [0.1, 0.15) is 0 Å². The van der Waals surface area contributed by atoms with Crippen molar-refractivity contribution >= 4 is 17.6 Å². The largest absolute Gasteiger partial charge is 0.381 e. The topological polar surface area (TPSA) is 41.6 Å². The predicted molar refractivity (Wildman–Crippen MR) is 89.5 cm³/mol. The summed E-state index contributed by atoms with van der Waals surface area (Å²) >= 11 is 6.00. The molecule has 0 bridgehead atoms. The van der Waals surface area contributed by atoms with Crippen LogP contribution in [0.4, 0.5) is 4.79 Å². The van der Waals surface area contributed by atoms with Gasteiger partial charge in [-0.05, 0) is 44.4 Å². The summed E-state index contributed by atoms with van der Waals surface area (Å²) in [6.45, 7) is 7.51. The van der Waals surface area contributed by atoms with Crippen molar-refractivity contribution in [3.8, 4) is 0 Å². The Balaban J connectivity index is 2.12. The van der Waals surface area contributed by atoms with Crippen molar-refractivity contribution in [1.29, 1.82) is 0 Å². The third-order valence-electron chi connectivity index (χ3n) is 4.54. The number of amides is 2. The van der Waals surface area contributed by atoms with Gasteiger partial charge in [-0.25, -0.2) is 4.79 Å². The average molecular weight is 325 g/mol. The SMILES string of the molecule is CCN(CC)C(=O)NCC1(c2ccc(Cl)cc2)CCOCC1. The van der Waals surface area contributed by atoms with Gasteiger partial charge in [0.2, 0.25) is 0 Å². The number of hydrogen-bond donors (Lipinski definition) is 1. The molecule has 4 nitrogen and oxygen atoms in total. The van der Waals surface area contributed by atoms with Gasteiger partial charge < -0.3 is 15.0 Å². The van der Waals surface area contributed by atoms with E-state index in [1.807, 2.05) is 26.0 Å². The highest BCUT2D eigenvalue weighted by Gasteiger charge is 2.35. The van der Waals surface area contributed by atoms with Crippen LogP contribution in [0, 0.1) is 0 Å². The molecular weight excluding hydrogens is 300 g/mol. The summed E-state index contributed by atoms with van der Waals surface area (Å²) in [5.41, 5.74) is 1.16. The van der Waals surface area contributed by atoms with E-state index in [0.717, 1.165) is 44.2 Å². The summed E-state index contributed by atoms with van der Waals surface area (Å²) in [4.78, 5) is 14.0. The zero-order valence-corrected chi connectivity index (χ0v) is 14.2. The zero-order chi connectivity index (χ0) is 16.0. The van der Waals surface area contributed by atoms with Gasteiger partial charge >= 0.3 is 6.03 Å². The van der Waals surface area contributed by atoms with Crippen LogP contribution in [0.2, 0.25) is 5.02 Å². The molecule has 1 aromatic carbocycles. The zero-order valence-electron chi connectivity index (χ0n) is 13.4. The lowest BCUT2D eigenvalue weighted by molar-refractivity contribution is 0.0502. The molecule has 0 aliphatic carbocycles. The van der Waals surface area contributed by atoms with Crippen LogP contribution in [-0.2, 0) is 10.2 Å². The first-order valence-corrected chi connectivity index (χ1v) is 8.35. The van der Waals surface area contributed by atoms with Gasteiger partial charge in [-0.1, -0.05) is 23.7 Å². The van der Waals surface area contributed by atoms with Crippen LogP contribution >= 0.6 is 11.6 Å². The maximum absolute atomic E-state index is 12.2. The van der Waals surface area contributed by atoms with E-state index in [4.69, 9.17) is 16.3 Å². The van der Waals surface area contributed by atoms with E-state index in [9.17, 15) is 4.79 Å². The minimum atomic E-state index is -0.0638. The predicted octanol–water partition coefficient (Wildman–Crippen LogP) is 3.44. The minimum Gasteiger partial charge on any atom is -0.381 e. The summed E-state index contributed by atoms with van der Waals surface area (Å²) in [5.74, 6) is 0. The quantitative estimate of drug-likeness (QED) is 0.901. The first-order valence-electron chi connectivity index (χ1n) is 7.98. The van der Waals surface area contributed by atoms with E-state index in [1.165, 1.54) is 5.56 Å². The summed E-state index contributed by atoms with van der Waals surface area (Å²) in [7, 11) is 0. The molecule has 1 fully saturated rings. The summed E-state index contributed by atoms with van der Waals surface area (Å²) in [6.07, 6.45) is 1.82. The average Bonchev–Trinajstić information content (AvgIpc) is 2.55. The van der Waals surface area contributed by atoms with Crippen molar-refractivity contribution in [2.75, 3.05) is 32.8 Å². The van der Waals surface area contributed by atoms with Crippen molar-refractivity contribution < 1.29 is 9.53 Å². The van der Waals surface area contributed by atoms with Crippen LogP contribution in [0.1, 0.15) is 32.3 Å². The Kier molecular flexibility index (Phi) is 6.09. The number of halogens is 1. The molecule has 1 N–H and O–H groups in total. The molecule has 2 rings (SSSR count). The normalized spacial score (nSPS) is 17.0. The third-order valence-corrected chi connectivity index (χ3v) is 4.79. The molecule has 5 heteroatoms. The van der Waals surface area contributed by atoms with Crippen molar-refractivity contribution in [3.05, 3.63) is 34.9 Å². The smallest absolute Gasteiger partial charge is 0.317 e. The third kappa shape index (κ3) is 3.93. The fourth-order valence-electron chi connectivity index (χ4n) is 3.00. The van der Waals surface area contributed by atoms with Gasteiger partial charge in [0, 0.05) is 43.3 Å². The number of ether oxygens (including phenoxy) is 1. The number of hydrogen-bond acceptors (Lipinski definition) is 2. The minimum absolute atomic E-state index is 0.00447. The number of carbonyl (C=O) groups excluding carboxylic acids is 1. The second kappa shape index (κ2) is 7.84. The highest BCUT2D eigenvalue weighted by Crippen LogP contribution is 2.34. The van der Waals surface area contributed by atoms with E-state index in [1.54, 1.807) is 4.90 Å². The Labute approximate surface area is 137 Å². The summed E-state index contributed by atoms with van der Waals surface area (Å²) in [6, 6.07) is 7.97. The Morgan fingerprint density at radius 2 is 1.82 bits per heavy atom. The Bertz CT molecular complexity index is 480. The molecule has 0 radical (unpaired) electrons. The molecule has 22 heavy (non-hydrogen) atoms. The van der Waals surface area contributed by atoms with Crippen LogP contribution in [-0.4, -0.2) is 43.8 Å². The van der Waals surface area contributed by atoms with E-state index < -0.39 is 0 Å². The van der Waals surface area contributed by atoms with Crippen LogP contribution in [0.25, 0.3) is 0 Å². The molecule has 0 saturated carbocycles. The first-order chi connectivity index (χ1) is 10.6. The molecule has 2 amide bonds. The molecule has 0 aromatic heterocycles. The molecule has 1 heterocycles. The van der Waals surface area contributed by atoms with Crippen molar-refractivity contribution in [2.24, 2.45) is 0 Å². The monoisotopic (exact) mass is 324 g/mol. The van der Waals surface area contributed by atoms with E-state index in [2.05, 4.69) is 17.4 Å². The van der Waals surface area contributed by atoms with Crippen molar-refractivity contribution in [1.82, 2.24) is 10.2 Å². The van der Waals surface area contributed by atoms with E-state index in [0.29, 0.717) is 6.54 Å². The lowest BCUT2D eigenvalue weighted by atomic mass is 9.74. The van der Waals surface area contributed by atoms with Gasteiger partial charge in [-0.15, -0.1) is 0 Å².